The molecule has 3 nitrogen and oxygen atoms in total. The lowest BCUT2D eigenvalue weighted by atomic mass is 10.1. The van der Waals surface area contributed by atoms with Crippen molar-refractivity contribution in [3.63, 3.8) is 0 Å². The maximum absolute atomic E-state index is 10.7. The molecule has 0 saturated heterocycles. The Balaban J connectivity index is 3.25. The summed E-state index contributed by atoms with van der Waals surface area (Å²) in [4.78, 5) is 10.2. The number of carboxylic acid groups (broad SMARTS) is 1. The normalized spacial score (nSPS) is 11.7. The molecular formula is C12H21O3-. The van der Waals surface area contributed by atoms with E-state index in [2.05, 4.69) is 6.92 Å². The fraction of sp³-hybridized carbons (Fsp3) is 0.750. The van der Waals surface area contributed by atoms with Crippen LogP contribution in [-0.4, -0.2) is 11.1 Å². The van der Waals surface area contributed by atoms with E-state index in [1.165, 1.54) is 38.2 Å². The third-order valence-electron chi connectivity index (χ3n) is 2.35. The molecule has 0 heterocycles. The Morgan fingerprint density at radius 2 is 1.67 bits per heavy atom. The first-order chi connectivity index (χ1) is 7.18. The zero-order chi connectivity index (χ0) is 11.5. The van der Waals surface area contributed by atoms with Crippen LogP contribution in [0.3, 0.4) is 0 Å². The Kier molecular flexibility index (Phi) is 8.93. The van der Waals surface area contributed by atoms with Gasteiger partial charge in [-0.1, -0.05) is 51.5 Å². The summed E-state index contributed by atoms with van der Waals surface area (Å²) in [6.07, 6.45) is 10.2. The molecule has 0 aliphatic heterocycles. The van der Waals surface area contributed by atoms with Crippen LogP contribution in [0.2, 0.25) is 0 Å². The summed E-state index contributed by atoms with van der Waals surface area (Å²) in [6.45, 7) is 2.19. The Morgan fingerprint density at radius 1 is 1.13 bits per heavy atom. The number of allylic oxidation sites excluding steroid dienone is 1. The van der Waals surface area contributed by atoms with Crippen molar-refractivity contribution in [3.8, 4) is 0 Å². The van der Waals surface area contributed by atoms with Crippen LogP contribution in [-0.2, 0) is 4.79 Å². The molecule has 88 valence electrons. The fourth-order valence-corrected chi connectivity index (χ4v) is 1.42. The Morgan fingerprint density at radius 3 is 2.20 bits per heavy atom. The van der Waals surface area contributed by atoms with E-state index < -0.39 is 11.7 Å². The van der Waals surface area contributed by atoms with Crippen molar-refractivity contribution in [2.24, 2.45) is 0 Å². The second-order valence-electron chi connectivity index (χ2n) is 3.78. The van der Waals surface area contributed by atoms with Gasteiger partial charge in [0.2, 0.25) is 0 Å². The van der Waals surface area contributed by atoms with Gasteiger partial charge in [-0.15, -0.1) is 0 Å². The average molecular weight is 213 g/mol. The molecule has 3 heteroatoms. The second kappa shape index (κ2) is 9.56. The van der Waals surface area contributed by atoms with E-state index in [-0.39, 0.29) is 0 Å². The van der Waals surface area contributed by atoms with Gasteiger partial charge in [-0.2, -0.15) is 0 Å². The van der Waals surface area contributed by atoms with Gasteiger partial charge in [-0.05, 0) is 18.6 Å². The summed E-state index contributed by atoms with van der Waals surface area (Å²) < 4.78 is 0. The number of hydrogen-bond donors (Lipinski definition) is 1. The minimum Gasteiger partial charge on any atom is -0.868 e. The molecule has 0 bridgehead atoms. The summed E-state index contributed by atoms with van der Waals surface area (Å²) >= 11 is 0. The maximum atomic E-state index is 10.7. The van der Waals surface area contributed by atoms with E-state index >= 15 is 0 Å². The summed E-state index contributed by atoms with van der Waals surface area (Å²) in [5.41, 5.74) is 0. The summed E-state index contributed by atoms with van der Waals surface area (Å²) in [7, 11) is 0. The first-order valence-corrected chi connectivity index (χ1v) is 5.79. The second-order valence-corrected chi connectivity index (χ2v) is 3.78. The van der Waals surface area contributed by atoms with Gasteiger partial charge >= 0.3 is 5.97 Å². The molecule has 15 heavy (non-hydrogen) atoms. The molecule has 0 aliphatic carbocycles. The third kappa shape index (κ3) is 9.32. The third-order valence-corrected chi connectivity index (χ3v) is 2.35. The Labute approximate surface area is 91.8 Å². The molecule has 0 fully saturated rings. The largest absolute Gasteiger partial charge is 0.868 e. The summed E-state index contributed by atoms with van der Waals surface area (Å²) in [5, 5.41) is 19.0. The molecule has 0 aromatic rings. The Bertz CT molecular complexity index is 197. The van der Waals surface area contributed by atoms with Gasteiger partial charge in [-0.3, -0.25) is 0 Å². The number of carbonyl (C=O) groups is 1. The maximum Gasteiger partial charge on any atom is 0.320 e. The molecule has 0 aliphatic rings. The van der Waals surface area contributed by atoms with Crippen molar-refractivity contribution in [1.29, 1.82) is 0 Å². The van der Waals surface area contributed by atoms with Crippen LogP contribution >= 0.6 is 0 Å². The lowest BCUT2D eigenvalue weighted by Gasteiger charge is -2.04. The van der Waals surface area contributed by atoms with Crippen LogP contribution in [0, 0.1) is 0 Å². The molecule has 0 amide bonds. The number of rotatable bonds is 9. The van der Waals surface area contributed by atoms with Gasteiger partial charge in [0.1, 0.15) is 0 Å². The molecular weight excluding hydrogens is 192 g/mol. The fourth-order valence-electron chi connectivity index (χ4n) is 1.42. The van der Waals surface area contributed by atoms with Crippen LogP contribution in [0.5, 0.6) is 0 Å². The standard InChI is InChI=1S/C12H22O3/c1-2-3-4-5-6-7-8-9-10-11(13)12(14)15/h10,13H,2-9H2,1H3,(H,14,15)/p-1. The monoisotopic (exact) mass is 213 g/mol. The van der Waals surface area contributed by atoms with Crippen molar-refractivity contribution in [2.45, 2.75) is 58.3 Å². The molecule has 0 aromatic heterocycles. The van der Waals surface area contributed by atoms with E-state index in [1.807, 2.05) is 0 Å². The lowest BCUT2D eigenvalue weighted by Crippen LogP contribution is -2.13. The minimum absolute atomic E-state index is 0.596. The summed E-state index contributed by atoms with van der Waals surface area (Å²) in [5.74, 6) is -2.13. The topological polar surface area (TPSA) is 60.4 Å². The van der Waals surface area contributed by atoms with Gasteiger partial charge in [0.05, 0.1) is 0 Å². The van der Waals surface area contributed by atoms with Crippen LogP contribution < -0.4 is 5.11 Å². The smallest absolute Gasteiger partial charge is 0.320 e. The first kappa shape index (κ1) is 14.0. The number of unbranched alkanes of at least 4 members (excludes halogenated alkanes) is 7. The highest BCUT2D eigenvalue weighted by Gasteiger charge is 1.92. The Hall–Kier alpha value is -0.990. The SMILES string of the molecule is CCCCCCCCCC=C([O-])C(=O)O. The van der Waals surface area contributed by atoms with E-state index in [4.69, 9.17) is 5.11 Å². The highest BCUT2D eigenvalue weighted by atomic mass is 16.4. The molecule has 0 radical (unpaired) electrons. The van der Waals surface area contributed by atoms with E-state index in [0.29, 0.717) is 6.42 Å². The van der Waals surface area contributed by atoms with Crippen molar-refractivity contribution < 1.29 is 15.0 Å². The number of carboxylic acids is 1. The van der Waals surface area contributed by atoms with Crippen molar-refractivity contribution >= 4 is 5.97 Å². The highest BCUT2D eigenvalue weighted by Crippen LogP contribution is 2.08. The predicted octanol–water partition coefficient (Wildman–Crippen LogP) is 2.46. The van der Waals surface area contributed by atoms with Crippen LogP contribution in [0.15, 0.2) is 11.8 Å². The lowest BCUT2D eigenvalue weighted by molar-refractivity contribution is -0.303. The predicted molar refractivity (Wildman–Crippen MR) is 58.3 cm³/mol. The van der Waals surface area contributed by atoms with Crippen LogP contribution in [0.4, 0.5) is 0 Å². The molecule has 0 atom stereocenters. The van der Waals surface area contributed by atoms with Crippen LogP contribution in [0.1, 0.15) is 58.3 Å². The summed E-state index contributed by atoms with van der Waals surface area (Å²) in [6, 6.07) is 0. The van der Waals surface area contributed by atoms with Gasteiger partial charge in [0.25, 0.3) is 0 Å². The molecule has 0 aromatic carbocycles. The highest BCUT2D eigenvalue weighted by molar-refractivity contribution is 5.82. The molecule has 0 unspecified atom stereocenters. The molecule has 1 N–H and O–H groups in total. The quantitative estimate of drug-likeness (QED) is 0.363. The molecule has 0 rings (SSSR count). The van der Waals surface area contributed by atoms with Crippen molar-refractivity contribution in [1.82, 2.24) is 0 Å². The number of aliphatic carboxylic acids is 1. The van der Waals surface area contributed by atoms with E-state index in [9.17, 15) is 9.90 Å². The van der Waals surface area contributed by atoms with Crippen LogP contribution in [0.25, 0.3) is 0 Å². The van der Waals surface area contributed by atoms with Gasteiger partial charge in [0, 0.05) is 0 Å². The molecule has 0 saturated carbocycles. The average Bonchev–Trinajstić information content (AvgIpc) is 2.21. The van der Waals surface area contributed by atoms with Crippen molar-refractivity contribution in [2.75, 3.05) is 0 Å². The van der Waals surface area contributed by atoms with E-state index in [1.54, 1.807) is 0 Å². The first-order valence-electron chi connectivity index (χ1n) is 5.79. The molecule has 0 spiro atoms. The van der Waals surface area contributed by atoms with Gasteiger partial charge < -0.3 is 10.2 Å². The van der Waals surface area contributed by atoms with Crippen molar-refractivity contribution in [3.05, 3.63) is 11.8 Å². The zero-order valence-corrected chi connectivity index (χ0v) is 9.50. The van der Waals surface area contributed by atoms with E-state index in [0.717, 1.165) is 12.8 Å². The minimum atomic E-state index is -1.35. The zero-order valence-electron chi connectivity index (χ0n) is 9.50. The van der Waals surface area contributed by atoms with Gasteiger partial charge in [0.15, 0.2) is 0 Å². The number of hydrogen-bond acceptors (Lipinski definition) is 2. The van der Waals surface area contributed by atoms with Gasteiger partial charge in [-0.25, -0.2) is 4.79 Å².